The number of hydrogen-bond donors (Lipinski definition) is 1. The van der Waals surface area contributed by atoms with Crippen molar-refractivity contribution in [2.24, 2.45) is 0 Å². The van der Waals surface area contributed by atoms with Gasteiger partial charge in [-0.1, -0.05) is 16.2 Å². The molecule has 0 saturated carbocycles. The first-order valence-corrected chi connectivity index (χ1v) is 5.15. The van der Waals surface area contributed by atoms with Crippen LogP contribution in [0.2, 0.25) is 0 Å². The van der Waals surface area contributed by atoms with Crippen molar-refractivity contribution in [1.29, 1.82) is 0 Å². The molecule has 1 heterocycles. The topological polar surface area (TPSA) is 81.2 Å². The molecule has 0 fully saturated rings. The van der Waals surface area contributed by atoms with Crippen LogP contribution in [0.25, 0.3) is 0 Å². The third-order valence-electron chi connectivity index (χ3n) is 1.56. The Balaban J connectivity index is 0.000000304. The maximum atomic E-state index is 12.0. The number of aromatic amines is 1. The summed E-state index contributed by atoms with van der Waals surface area (Å²) in [6.45, 7) is 4.27. The highest BCUT2D eigenvalue weighted by atomic mass is 19.2. The molecule has 0 aliphatic rings. The van der Waals surface area contributed by atoms with E-state index in [1.54, 1.807) is 0 Å². The van der Waals surface area contributed by atoms with E-state index in [0.717, 1.165) is 18.7 Å². The van der Waals surface area contributed by atoms with Crippen LogP contribution in [0.5, 0.6) is 0 Å². The van der Waals surface area contributed by atoms with Gasteiger partial charge in [-0.05, 0) is 13.3 Å². The maximum Gasteiger partial charge on any atom is 0.357 e. The molecule has 0 aliphatic carbocycles. The molecule has 1 aromatic heterocycles. The number of H-pyrrole nitrogens is 1. The zero-order valence-corrected chi connectivity index (χ0v) is 9.73. The van der Waals surface area contributed by atoms with Crippen molar-refractivity contribution in [2.45, 2.75) is 26.7 Å². The molecule has 7 heteroatoms. The molecule has 17 heavy (non-hydrogen) atoms. The second-order valence-corrected chi connectivity index (χ2v) is 2.96. The van der Waals surface area contributed by atoms with Crippen LogP contribution in [-0.4, -0.2) is 22.3 Å². The summed E-state index contributed by atoms with van der Waals surface area (Å²) in [7, 11) is 0. The van der Waals surface area contributed by atoms with Crippen LogP contribution in [0.3, 0.4) is 0 Å². The summed E-state index contributed by atoms with van der Waals surface area (Å²) < 4.78 is 16.6. The van der Waals surface area contributed by atoms with Crippen molar-refractivity contribution in [3.05, 3.63) is 33.1 Å². The van der Waals surface area contributed by atoms with Crippen molar-refractivity contribution in [3.8, 4) is 0 Å². The first kappa shape index (κ1) is 15.1. The van der Waals surface area contributed by atoms with E-state index in [9.17, 15) is 18.9 Å². The van der Waals surface area contributed by atoms with Gasteiger partial charge in [0.25, 0.3) is 5.56 Å². The number of nitrogens with zero attached hydrogens (tertiary/aromatic N) is 1. The molecule has 96 valence electrons. The lowest BCUT2D eigenvalue weighted by Gasteiger charge is -1.96. The fourth-order valence-corrected chi connectivity index (χ4v) is 0.844. The quantitative estimate of drug-likeness (QED) is 0.793. The van der Waals surface area contributed by atoms with Gasteiger partial charge in [-0.2, -0.15) is 0 Å². The number of nitrogens with one attached hydrogen (secondary N) is 1. The molecule has 0 saturated heterocycles. The van der Waals surface area contributed by atoms with Crippen LogP contribution in [-0.2, 0) is 9.53 Å². The molecule has 0 spiro atoms. The van der Waals surface area contributed by atoms with Crippen molar-refractivity contribution < 1.29 is 14.0 Å². The molecular formula is C10H15FN2O4. The van der Waals surface area contributed by atoms with E-state index >= 15 is 0 Å². The standard InChI is InChI=1S/C6H12O2.C4H3FN2O2/c1-3-5-6(7)8-4-2;5-7-3(8)1-2-6-4(7)9/h3-5H2,1-2H3;1-2H,(H,6,9). The molecule has 0 atom stereocenters. The normalized spacial score (nSPS) is 9.12. The van der Waals surface area contributed by atoms with Crippen molar-refractivity contribution >= 4 is 5.97 Å². The Kier molecular flexibility index (Phi) is 7.32. The molecule has 0 radical (unpaired) electrons. The van der Waals surface area contributed by atoms with Crippen LogP contribution in [0.1, 0.15) is 26.7 Å². The number of aromatic nitrogens is 2. The average molecular weight is 246 g/mol. The number of hydrogen-bond acceptors (Lipinski definition) is 4. The second-order valence-electron chi connectivity index (χ2n) is 2.96. The zero-order chi connectivity index (χ0) is 13.3. The number of rotatable bonds is 3. The smallest absolute Gasteiger partial charge is 0.357 e. The summed E-state index contributed by atoms with van der Waals surface area (Å²) in [5.41, 5.74) is -2.01. The Morgan fingerprint density at radius 2 is 2.12 bits per heavy atom. The van der Waals surface area contributed by atoms with E-state index in [4.69, 9.17) is 0 Å². The molecule has 0 amide bonds. The SMILES string of the molecule is CCCC(=O)OCC.O=c1cc[nH]c(=O)n1F. The lowest BCUT2D eigenvalue weighted by atomic mass is 10.3. The first-order chi connectivity index (χ1) is 8.02. The minimum absolute atomic E-state index is 0.0880. The Hall–Kier alpha value is -1.92. The van der Waals surface area contributed by atoms with Gasteiger partial charge in [0.15, 0.2) is 0 Å². The number of esters is 1. The number of ether oxygens (including phenoxy) is 1. The summed E-state index contributed by atoms with van der Waals surface area (Å²) in [5.74, 6) is -0.0880. The van der Waals surface area contributed by atoms with Crippen LogP contribution < -0.4 is 11.2 Å². The maximum absolute atomic E-state index is 12.0. The average Bonchev–Trinajstić information content (AvgIpc) is 2.27. The van der Waals surface area contributed by atoms with Gasteiger partial charge in [0.1, 0.15) is 0 Å². The number of carbonyl (C=O) groups excluding carboxylic acids is 1. The highest BCUT2D eigenvalue weighted by Gasteiger charge is 1.95. The molecule has 0 bridgehead atoms. The minimum Gasteiger partial charge on any atom is -0.466 e. The monoisotopic (exact) mass is 246 g/mol. The lowest BCUT2D eigenvalue weighted by molar-refractivity contribution is -0.143. The van der Waals surface area contributed by atoms with Crippen molar-refractivity contribution in [1.82, 2.24) is 9.77 Å². The molecule has 1 aromatic rings. The Morgan fingerprint density at radius 1 is 1.47 bits per heavy atom. The predicted octanol–water partition coefficient (Wildman–Crippen LogP) is 0.619. The van der Waals surface area contributed by atoms with Crippen LogP contribution >= 0.6 is 0 Å². The van der Waals surface area contributed by atoms with E-state index in [-0.39, 0.29) is 5.97 Å². The fourth-order valence-electron chi connectivity index (χ4n) is 0.844. The third kappa shape index (κ3) is 6.29. The van der Waals surface area contributed by atoms with E-state index in [0.29, 0.717) is 13.0 Å². The Labute approximate surface area is 97.0 Å². The summed E-state index contributed by atoms with van der Waals surface area (Å²) in [4.78, 5) is 32.3. The molecule has 1 N–H and O–H groups in total. The minimum atomic E-state index is -1.05. The van der Waals surface area contributed by atoms with Crippen LogP contribution in [0.15, 0.2) is 21.9 Å². The van der Waals surface area contributed by atoms with E-state index in [2.05, 4.69) is 4.74 Å². The van der Waals surface area contributed by atoms with Crippen molar-refractivity contribution in [3.63, 3.8) is 0 Å². The fraction of sp³-hybridized carbons (Fsp3) is 0.500. The number of carbonyl (C=O) groups is 1. The molecule has 6 nitrogen and oxygen atoms in total. The van der Waals surface area contributed by atoms with Gasteiger partial charge in [-0.15, -0.1) is 0 Å². The number of halogens is 1. The van der Waals surface area contributed by atoms with Gasteiger partial charge in [0.05, 0.1) is 6.61 Å². The van der Waals surface area contributed by atoms with Gasteiger partial charge < -0.3 is 9.72 Å². The predicted molar refractivity (Wildman–Crippen MR) is 59.4 cm³/mol. The van der Waals surface area contributed by atoms with Crippen LogP contribution in [0, 0.1) is 0 Å². The molecule has 0 unspecified atom stereocenters. The highest BCUT2D eigenvalue weighted by Crippen LogP contribution is 1.89. The molecule has 0 aliphatic heterocycles. The summed E-state index contributed by atoms with van der Waals surface area (Å²) in [5, 5.41) is 0. The van der Waals surface area contributed by atoms with Gasteiger partial charge in [0, 0.05) is 18.7 Å². The van der Waals surface area contributed by atoms with Gasteiger partial charge in [-0.3, -0.25) is 9.59 Å². The van der Waals surface area contributed by atoms with Crippen LogP contribution in [0.4, 0.5) is 4.48 Å². The Morgan fingerprint density at radius 3 is 2.53 bits per heavy atom. The summed E-state index contributed by atoms with van der Waals surface area (Å²) >= 11 is 0. The third-order valence-corrected chi connectivity index (χ3v) is 1.56. The zero-order valence-electron chi connectivity index (χ0n) is 9.73. The van der Waals surface area contributed by atoms with Crippen molar-refractivity contribution in [2.75, 3.05) is 6.61 Å². The van der Waals surface area contributed by atoms with E-state index in [1.165, 1.54) is 0 Å². The van der Waals surface area contributed by atoms with Gasteiger partial charge in [-0.25, -0.2) is 4.79 Å². The lowest BCUT2D eigenvalue weighted by Crippen LogP contribution is -2.28. The molecule has 0 aromatic carbocycles. The Bertz CT molecular complexity index is 416. The summed E-state index contributed by atoms with van der Waals surface area (Å²) in [6.07, 6.45) is 2.51. The van der Waals surface area contributed by atoms with Gasteiger partial charge in [0.2, 0.25) is 0 Å². The van der Waals surface area contributed by atoms with E-state index < -0.39 is 16.0 Å². The molecular weight excluding hydrogens is 231 g/mol. The largest absolute Gasteiger partial charge is 0.466 e. The molecule has 1 rings (SSSR count). The summed E-state index contributed by atoms with van der Waals surface area (Å²) in [6, 6.07) is 0.918. The second kappa shape index (κ2) is 8.26. The first-order valence-electron chi connectivity index (χ1n) is 5.15. The highest BCUT2D eigenvalue weighted by molar-refractivity contribution is 5.69. The van der Waals surface area contributed by atoms with E-state index in [1.807, 2.05) is 18.8 Å². The van der Waals surface area contributed by atoms with Gasteiger partial charge >= 0.3 is 11.7 Å².